The molecule has 48 heavy (non-hydrogen) atoms. The molecule has 0 saturated carbocycles. The number of pyridine rings is 2. The van der Waals surface area contributed by atoms with Crippen molar-refractivity contribution in [3.63, 3.8) is 0 Å². The Labute approximate surface area is 291 Å². The smallest absolute Gasteiger partial charge is 0.410 e. The highest BCUT2D eigenvalue weighted by atomic mass is 35.5. The van der Waals surface area contributed by atoms with Crippen LogP contribution in [0.3, 0.4) is 0 Å². The van der Waals surface area contributed by atoms with E-state index in [2.05, 4.69) is 25.4 Å². The van der Waals surface area contributed by atoms with Crippen LogP contribution in [0.1, 0.15) is 39.2 Å². The number of rotatable bonds is 8. The number of hydrogen-bond acceptors (Lipinski definition) is 9. The summed E-state index contributed by atoms with van der Waals surface area (Å²) in [4.78, 5) is 39.6. The van der Waals surface area contributed by atoms with Gasteiger partial charge in [0, 0.05) is 81.1 Å². The zero-order chi connectivity index (χ0) is 34.5. The highest BCUT2D eigenvalue weighted by Gasteiger charge is 2.33. The number of benzene rings is 1. The number of halogens is 2. The lowest BCUT2D eigenvalue weighted by atomic mass is 9.91. The lowest BCUT2D eigenvalue weighted by molar-refractivity contribution is -0.0197. The van der Waals surface area contributed by atoms with E-state index in [4.69, 9.17) is 37.7 Å². The van der Waals surface area contributed by atoms with E-state index in [0.717, 1.165) is 16.9 Å². The summed E-state index contributed by atoms with van der Waals surface area (Å²) in [5.74, 6) is 1.71. The fourth-order valence-electron chi connectivity index (χ4n) is 5.63. The third kappa shape index (κ3) is 9.85. The van der Waals surface area contributed by atoms with E-state index in [-0.39, 0.29) is 18.7 Å². The van der Waals surface area contributed by atoms with Crippen LogP contribution in [0.2, 0.25) is 10.0 Å². The molecule has 0 atom stereocenters. The Morgan fingerprint density at radius 3 is 2.27 bits per heavy atom. The van der Waals surface area contributed by atoms with Crippen LogP contribution in [0.25, 0.3) is 11.3 Å². The minimum atomic E-state index is -0.955. The molecule has 3 amide bonds. The second-order valence-electron chi connectivity index (χ2n) is 13.2. The van der Waals surface area contributed by atoms with Crippen LogP contribution in [0, 0.1) is 0 Å². The summed E-state index contributed by atoms with van der Waals surface area (Å²) in [6.07, 6.45) is 2.41. The second-order valence-corrected chi connectivity index (χ2v) is 14.1. The van der Waals surface area contributed by atoms with Gasteiger partial charge in [0.25, 0.3) is 0 Å². The molecule has 3 aromatic rings. The number of carbonyl (C=O) groups is 2. The fraction of sp³-hybridized carbons (Fsp3) is 0.471. The van der Waals surface area contributed by atoms with E-state index in [0.29, 0.717) is 86.0 Å². The summed E-state index contributed by atoms with van der Waals surface area (Å²) in [5, 5.41) is 17.2. The first-order valence-electron chi connectivity index (χ1n) is 16.0. The number of aliphatic hydroxyl groups is 1. The Morgan fingerprint density at radius 1 is 0.979 bits per heavy atom. The molecule has 0 radical (unpaired) electrons. The van der Waals surface area contributed by atoms with E-state index in [1.807, 2.05) is 57.2 Å². The van der Waals surface area contributed by atoms with Gasteiger partial charge < -0.3 is 35.0 Å². The minimum absolute atomic E-state index is 0.197. The van der Waals surface area contributed by atoms with Gasteiger partial charge >= 0.3 is 12.1 Å². The topological polar surface area (TPSA) is 132 Å². The zero-order valence-electron chi connectivity index (χ0n) is 27.8. The van der Waals surface area contributed by atoms with Gasteiger partial charge in [-0.15, -0.1) is 0 Å². The molecule has 0 bridgehead atoms. The Kier molecular flexibility index (Phi) is 11.2. The molecule has 2 saturated heterocycles. The first kappa shape index (κ1) is 35.5. The van der Waals surface area contributed by atoms with Crippen molar-refractivity contribution in [3.05, 3.63) is 64.3 Å². The number of hydrogen-bond donors (Lipinski definition) is 3. The van der Waals surface area contributed by atoms with E-state index in [1.165, 1.54) is 0 Å². The van der Waals surface area contributed by atoms with Crippen LogP contribution in [0.5, 0.6) is 11.6 Å². The number of nitrogens with zero attached hydrogens (tertiary/aromatic N) is 5. The SMILES string of the molecule is CNC(=O)NCC1(O)CCN(Cc2cc(Oc3ccc(N4CCN(C(=O)OC(C)(C)C)CC4)nc3)nc(-c3cc(Cl)cc(Cl)c3)c2)CC1. The number of carbonyl (C=O) groups excluding carboxylic acids is 2. The second kappa shape index (κ2) is 15.1. The van der Waals surface area contributed by atoms with Crippen LogP contribution in [0.4, 0.5) is 15.4 Å². The molecule has 12 nitrogen and oxygen atoms in total. The minimum Gasteiger partial charge on any atom is -0.444 e. The number of anilines is 1. The molecule has 2 aliphatic rings. The molecule has 5 rings (SSSR count). The zero-order valence-corrected chi connectivity index (χ0v) is 29.3. The molecule has 2 aliphatic heterocycles. The third-order valence-corrected chi connectivity index (χ3v) is 8.65. The van der Waals surface area contributed by atoms with Crippen LogP contribution >= 0.6 is 23.2 Å². The number of likely N-dealkylation sites (tertiary alicyclic amines) is 1. The molecular formula is C34H43Cl2N7O5. The maximum atomic E-state index is 12.4. The van der Waals surface area contributed by atoms with Crippen molar-refractivity contribution in [2.45, 2.75) is 51.4 Å². The number of urea groups is 1. The Morgan fingerprint density at radius 2 is 1.67 bits per heavy atom. The number of piperazine rings is 1. The molecule has 4 heterocycles. The predicted octanol–water partition coefficient (Wildman–Crippen LogP) is 5.56. The summed E-state index contributed by atoms with van der Waals surface area (Å²) in [6.45, 7) is 10.1. The molecule has 3 N–H and O–H groups in total. The third-order valence-electron chi connectivity index (χ3n) is 8.22. The lowest BCUT2D eigenvalue weighted by Gasteiger charge is -2.38. The molecule has 2 fully saturated rings. The molecule has 0 spiro atoms. The summed E-state index contributed by atoms with van der Waals surface area (Å²) in [7, 11) is 1.55. The Balaban J connectivity index is 1.27. The molecule has 0 unspecified atom stereocenters. The average Bonchev–Trinajstić information content (AvgIpc) is 3.04. The van der Waals surface area contributed by atoms with Crippen molar-refractivity contribution < 1.29 is 24.2 Å². The summed E-state index contributed by atoms with van der Waals surface area (Å²) < 4.78 is 11.7. The van der Waals surface area contributed by atoms with Crippen LogP contribution in [0.15, 0.2) is 48.7 Å². The normalized spacial score (nSPS) is 16.7. The van der Waals surface area contributed by atoms with Crippen LogP contribution in [-0.4, -0.2) is 101 Å². The van der Waals surface area contributed by atoms with Crippen LogP contribution < -0.4 is 20.3 Å². The van der Waals surface area contributed by atoms with E-state index < -0.39 is 11.2 Å². The lowest BCUT2D eigenvalue weighted by Crippen LogP contribution is -2.51. The van der Waals surface area contributed by atoms with Crippen molar-refractivity contribution in [2.75, 3.05) is 57.8 Å². The largest absolute Gasteiger partial charge is 0.444 e. The van der Waals surface area contributed by atoms with Gasteiger partial charge in [0.05, 0.1) is 17.5 Å². The van der Waals surface area contributed by atoms with Crippen molar-refractivity contribution in [1.82, 2.24) is 30.4 Å². The standard InChI is InChI=1S/C34H43Cl2N7O5/c1-33(2,3)48-32(45)43-13-11-42(12-14-43)29-6-5-27(20-38-29)47-30-16-23(15-28(40-30)24-17-25(35)19-26(36)18-24)21-41-9-7-34(46,8-10-41)22-39-31(44)37-4/h5-6,15-20,46H,7-14,21-22H2,1-4H3,(H2,37,39,44). The van der Waals surface area contributed by atoms with Crippen molar-refractivity contribution in [2.24, 2.45) is 0 Å². The molecule has 0 aliphatic carbocycles. The van der Waals surface area contributed by atoms with Crippen LogP contribution in [-0.2, 0) is 11.3 Å². The van der Waals surface area contributed by atoms with Gasteiger partial charge in [-0.3, -0.25) is 4.90 Å². The van der Waals surface area contributed by atoms with Gasteiger partial charge in [0.1, 0.15) is 17.2 Å². The molecule has 2 aromatic heterocycles. The van der Waals surface area contributed by atoms with Crippen molar-refractivity contribution >= 4 is 41.1 Å². The quantitative estimate of drug-likeness (QED) is 0.277. The first-order chi connectivity index (χ1) is 22.8. The number of nitrogens with one attached hydrogen (secondary N) is 2. The van der Waals surface area contributed by atoms with Gasteiger partial charge in [0.2, 0.25) is 5.88 Å². The fourth-order valence-corrected chi connectivity index (χ4v) is 6.16. The molecule has 14 heteroatoms. The maximum Gasteiger partial charge on any atom is 0.410 e. The number of amides is 3. The van der Waals surface area contributed by atoms with E-state index >= 15 is 0 Å². The highest BCUT2D eigenvalue weighted by Crippen LogP contribution is 2.31. The predicted molar refractivity (Wildman–Crippen MR) is 186 cm³/mol. The highest BCUT2D eigenvalue weighted by molar-refractivity contribution is 6.35. The first-order valence-corrected chi connectivity index (χ1v) is 16.8. The van der Waals surface area contributed by atoms with Crippen molar-refractivity contribution in [1.29, 1.82) is 0 Å². The van der Waals surface area contributed by atoms with Gasteiger partial charge in [-0.2, -0.15) is 0 Å². The number of piperidine rings is 1. The summed E-state index contributed by atoms with van der Waals surface area (Å²) in [6, 6.07) is 12.6. The van der Waals surface area contributed by atoms with Gasteiger partial charge in [-0.1, -0.05) is 23.2 Å². The van der Waals surface area contributed by atoms with Gasteiger partial charge in [-0.25, -0.2) is 19.6 Å². The monoisotopic (exact) mass is 699 g/mol. The molecular weight excluding hydrogens is 657 g/mol. The average molecular weight is 701 g/mol. The van der Waals surface area contributed by atoms with Crippen molar-refractivity contribution in [3.8, 4) is 22.9 Å². The van der Waals surface area contributed by atoms with E-state index in [9.17, 15) is 14.7 Å². The van der Waals surface area contributed by atoms with Gasteiger partial charge in [-0.05, 0) is 75.6 Å². The summed E-state index contributed by atoms with van der Waals surface area (Å²) >= 11 is 12.7. The van der Waals surface area contributed by atoms with E-state index in [1.54, 1.807) is 24.2 Å². The Hall–Kier alpha value is -3.84. The number of ether oxygens (including phenoxy) is 2. The Bertz CT molecular complexity index is 1570. The number of aromatic nitrogens is 2. The van der Waals surface area contributed by atoms with Gasteiger partial charge in [0.15, 0.2) is 0 Å². The maximum absolute atomic E-state index is 12.4. The summed E-state index contributed by atoms with van der Waals surface area (Å²) in [5.41, 5.74) is 0.889. The molecule has 1 aromatic carbocycles. The molecule has 258 valence electrons.